The van der Waals surface area contributed by atoms with Crippen LogP contribution in [-0.4, -0.2) is 85.3 Å². The summed E-state index contributed by atoms with van der Waals surface area (Å²) in [6, 6.07) is 11.1. The van der Waals surface area contributed by atoms with Gasteiger partial charge in [-0.1, -0.05) is 44.2 Å². The van der Waals surface area contributed by atoms with Gasteiger partial charge in [-0.05, 0) is 72.3 Å². The Morgan fingerprint density at radius 2 is 1.19 bits per heavy atom. The Balaban J connectivity index is 0.000000305. The van der Waals surface area contributed by atoms with Gasteiger partial charge in [-0.3, -0.25) is 30.0 Å². The molecule has 2 aromatic carbocycles. The fraction of sp³-hybridized carbons (Fsp3) is 0.556. The summed E-state index contributed by atoms with van der Waals surface area (Å²) in [4.78, 5) is 70.5. The van der Waals surface area contributed by atoms with Crippen LogP contribution in [0.25, 0.3) is 0 Å². The molecule has 2 amide bonds. The van der Waals surface area contributed by atoms with Gasteiger partial charge in [-0.15, -0.1) is 11.6 Å². The number of esters is 1. The van der Waals surface area contributed by atoms with E-state index >= 15 is 0 Å². The number of nitro groups is 2. The zero-order valence-electron chi connectivity index (χ0n) is 30.9. The van der Waals surface area contributed by atoms with E-state index in [1.807, 2.05) is 41.5 Å². The molecule has 2 aromatic rings. The van der Waals surface area contributed by atoms with Crippen molar-refractivity contribution in [1.29, 1.82) is 0 Å². The minimum Gasteiger partial charge on any atom is -0.480 e. The Hall–Kier alpha value is -4.99. The number of aliphatic carboxylic acids is 1. The monoisotopic (exact) mass is 764 g/mol. The summed E-state index contributed by atoms with van der Waals surface area (Å²) in [7, 11) is 0. The van der Waals surface area contributed by atoms with Crippen LogP contribution < -0.4 is 0 Å². The predicted molar refractivity (Wildman–Crippen MR) is 194 cm³/mol. The van der Waals surface area contributed by atoms with Crippen molar-refractivity contribution in [2.45, 2.75) is 116 Å². The fourth-order valence-corrected chi connectivity index (χ4v) is 5.29. The first-order valence-electron chi connectivity index (χ1n) is 17.3. The number of halogens is 1. The highest BCUT2D eigenvalue weighted by Gasteiger charge is 2.39. The SMILES string of the molecule is CCC(C)(C)OC(=O)N1CCCC1C(=O)O.CCC(C)(C)OC(=O)N1CCCC1C(=O)OCc1ccccc1[N+](=O)[O-].O=[N+]([O-])c1ccccc1CCl. The van der Waals surface area contributed by atoms with Crippen LogP contribution in [0.4, 0.5) is 21.0 Å². The molecule has 2 heterocycles. The van der Waals surface area contributed by atoms with E-state index in [0.29, 0.717) is 56.3 Å². The number of carboxylic acid groups (broad SMARTS) is 1. The van der Waals surface area contributed by atoms with Gasteiger partial charge < -0.3 is 19.3 Å². The molecule has 1 N–H and O–H groups in total. The highest BCUT2D eigenvalue weighted by Crippen LogP contribution is 2.26. The molecule has 17 heteroatoms. The van der Waals surface area contributed by atoms with Crippen molar-refractivity contribution < 1.29 is 48.3 Å². The molecule has 0 saturated carbocycles. The van der Waals surface area contributed by atoms with E-state index in [0.717, 1.165) is 6.42 Å². The van der Waals surface area contributed by atoms with E-state index in [-0.39, 0.29) is 23.9 Å². The number of benzene rings is 2. The second kappa shape index (κ2) is 20.3. The smallest absolute Gasteiger partial charge is 0.411 e. The Bertz CT molecular complexity index is 1600. The lowest BCUT2D eigenvalue weighted by atomic mass is 10.1. The van der Waals surface area contributed by atoms with Crippen LogP contribution in [0.1, 0.15) is 91.2 Å². The molecule has 2 atom stereocenters. The molecule has 0 spiro atoms. The number of rotatable bonds is 11. The molecular weight excluding hydrogens is 716 g/mol. The molecular formula is C36H49ClN4O12. The van der Waals surface area contributed by atoms with Crippen molar-refractivity contribution in [2.24, 2.45) is 0 Å². The van der Waals surface area contributed by atoms with E-state index in [2.05, 4.69) is 0 Å². The van der Waals surface area contributed by atoms with Gasteiger partial charge in [0.1, 0.15) is 29.9 Å². The molecule has 2 aliphatic rings. The van der Waals surface area contributed by atoms with Gasteiger partial charge in [0.15, 0.2) is 0 Å². The minimum atomic E-state index is -0.955. The first kappa shape index (κ1) is 44.2. The maximum Gasteiger partial charge on any atom is 0.411 e. The van der Waals surface area contributed by atoms with Crippen LogP contribution in [0.3, 0.4) is 0 Å². The van der Waals surface area contributed by atoms with Crippen LogP contribution in [0.2, 0.25) is 0 Å². The standard InChI is InChI=1S/C18H24N2O6.C11H19NO4.C7H6ClNO2/c1-4-18(2,3)26-17(22)19-11-7-10-15(19)16(21)25-12-13-8-5-6-9-14(13)20(23)24;1-4-11(2,3)16-10(15)12-7-5-6-8(12)9(13)14;8-5-6-3-1-2-4-7(6)9(10)11/h5-6,8-9,15H,4,7,10-12H2,1-3H3;8H,4-7H2,1-3H3,(H,13,14);1-4H,5H2. The summed E-state index contributed by atoms with van der Waals surface area (Å²) in [5.74, 6) is -1.35. The van der Waals surface area contributed by atoms with Crippen molar-refractivity contribution >= 4 is 47.1 Å². The van der Waals surface area contributed by atoms with Crippen molar-refractivity contribution in [3.05, 3.63) is 79.9 Å². The molecule has 0 radical (unpaired) electrons. The number of amides is 2. The number of likely N-dealkylation sites (tertiary alicyclic amines) is 2. The van der Waals surface area contributed by atoms with E-state index in [1.54, 1.807) is 30.3 Å². The molecule has 0 aliphatic carbocycles. The molecule has 2 saturated heterocycles. The van der Waals surface area contributed by atoms with Crippen LogP contribution >= 0.6 is 11.6 Å². The van der Waals surface area contributed by atoms with Crippen molar-refractivity contribution in [1.82, 2.24) is 9.80 Å². The highest BCUT2D eigenvalue weighted by molar-refractivity contribution is 6.17. The first-order valence-corrected chi connectivity index (χ1v) is 17.8. The number of carboxylic acids is 1. The summed E-state index contributed by atoms with van der Waals surface area (Å²) in [5.41, 5.74) is -0.305. The van der Waals surface area contributed by atoms with Crippen LogP contribution in [-0.2, 0) is 36.3 Å². The molecule has 2 aliphatic heterocycles. The highest BCUT2D eigenvalue weighted by atomic mass is 35.5. The second-order valence-corrected chi connectivity index (χ2v) is 13.8. The topological polar surface area (TPSA) is 209 Å². The zero-order chi connectivity index (χ0) is 39.9. The molecule has 0 aromatic heterocycles. The van der Waals surface area contributed by atoms with Gasteiger partial charge in [-0.2, -0.15) is 0 Å². The largest absolute Gasteiger partial charge is 0.480 e. The summed E-state index contributed by atoms with van der Waals surface area (Å²) in [6.07, 6.45) is 2.68. The third kappa shape index (κ3) is 13.5. The Labute approximate surface area is 313 Å². The van der Waals surface area contributed by atoms with Gasteiger partial charge in [-0.25, -0.2) is 19.2 Å². The Morgan fingerprint density at radius 1 is 0.774 bits per heavy atom. The quantitative estimate of drug-likeness (QED) is 0.0770. The number of alkyl halides is 1. The van der Waals surface area contributed by atoms with Crippen molar-refractivity contribution in [3.63, 3.8) is 0 Å². The number of nitro benzene ring substituents is 2. The summed E-state index contributed by atoms with van der Waals surface area (Å²) in [5, 5.41) is 30.3. The molecule has 292 valence electrons. The van der Waals surface area contributed by atoms with Crippen LogP contribution in [0.15, 0.2) is 48.5 Å². The average Bonchev–Trinajstić information content (AvgIpc) is 3.82. The predicted octanol–water partition coefficient (Wildman–Crippen LogP) is 7.62. The molecule has 16 nitrogen and oxygen atoms in total. The summed E-state index contributed by atoms with van der Waals surface area (Å²) >= 11 is 5.47. The number of para-hydroxylation sites is 2. The lowest BCUT2D eigenvalue weighted by molar-refractivity contribution is -0.385. The second-order valence-electron chi connectivity index (χ2n) is 13.5. The number of hydrogen-bond acceptors (Lipinski definition) is 11. The molecule has 4 rings (SSSR count). The van der Waals surface area contributed by atoms with Crippen molar-refractivity contribution in [2.75, 3.05) is 13.1 Å². The van der Waals surface area contributed by atoms with Gasteiger partial charge in [0, 0.05) is 30.8 Å². The first-order chi connectivity index (χ1) is 24.9. The summed E-state index contributed by atoms with van der Waals surface area (Å²) < 4.78 is 16.0. The van der Waals surface area contributed by atoms with Gasteiger partial charge >= 0.3 is 24.1 Å². The van der Waals surface area contributed by atoms with Crippen LogP contribution in [0.5, 0.6) is 0 Å². The summed E-state index contributed by atoms with van der Waals surface area (Å²) in [6.45, 7) is 11.8. The van der Waals surface area contributed by atoms with E-state index in [1.165, 1.54) is 28.0 Å². The maximum absolute atomic E-state index is 12.4. The molecule has 0 bridgehead atoms. The van der Waals surface area contributed by atoms with E-state index in [9.17, 15) is 39.4 Å². The zero-order valence-corrected chi connectivity index (χ0v) is 31.7. The third-order valence-electron chi connectivity index (χ3n) is 8.85. The number of carbonyl (C=O) groups is 4. The van der Waals surface area contributed by atoms with E-state index < -0.39 is 57.3 Å². The van der Waals surface area contributed by atoms with Crippen LogP contribution in [0, 0.1) is 20.2 Å². The van der Waals surface area contributed by atoms with Gasteiger partial charge in [0.2, 0.25) is 0 Å². The lowest BCUT2D eigenvalue weighted by Gasteiger charge is -2.29. The lowest BCUT2D eigenvalue weighted by Crippen LogP contribution is -2.44. The number of hydrogen-bond donors (Lipinski definition) is 1. The van der Waals surface area contributed by atoms with Gasteiger partial charge in [0.25, 0.3) is 11.4 Å². The average molecular weight is 765 g/mol. The maximum atomic E-state index is 12.4. The molecule has 2 unspecified atom stereocenters. The number of carbonyl (C=O) groups excluding carboxylic acids is 3. The number of ether oxygens (including phenoxy) is 3. The van der Waals surface area contributed by atoms with Gasteiger partial charge in [0.05, 0.1) is 21.3 Å². The number of nitrogens with zero attached hydrogens (tertiary/aromatic N) is 4. The minimum absolute atomic E-state index is 0.0856. The normalized spacial score (nSPS) is 16.7. The third-order valence-corrected chi connectivity index (χ3v) is 9.14. The Morgan fingerprint density at radius 3 is 1.60 bits per heavy atom. The Kier molecular flexibility index (Phi) is 16.9. The van der Waals surface area contributed by atoms with E-state index in [4.69, 9.17) is 30.9 Å². The molecule has 2 fully saturated rings. The molecule has 53 heavy (non-hydrogen) atoms. The van der Waals surface area contributed by atoms with Crippen molar-refractivity contribution in [3.8, 4) is 0 Å². The fourth-order valence-electron chi connectivity index (χ4n) is 5.06.